The van der Waals surface area contributed by atoms with Gasteiger partial charge < -0.3 is 10.6 Å². The van der Waals surface area contributed by atoms with Crippen LogP contribution in [0.4, 0.5) is 5.13 Å². The van der Waals surface area contributed by atoms with Crippen molar-refractivity contribution in [2.24, 2.45) is 5.41 Å². The smallest absolute Gasteiger partial charge is 0.234 e. The van der Waals surface area contributed by atoms with Crippen LogP contribution in [0.5, 0.6) is 0 Å². The number of fused-ring (bicyclic) bond motifs is 3. The molecular weight excluding hydrogens is 434 g/mol. The summed E-state index contributed by atoms with van der Waals surface area (Å²) in [4.78, 5) is 19.1. The van der Waals surface area contributed by atoms with E-state index in [-0.39, 0.29) is 17.9 Å². The second-order valence-electron chi connectivity index (χ2n) is 8.76. The summed E-state index contributed by atoms with van der Waals surface area (Å²) < 4.78 is 0. The number of nitrogens with one attached hydrogen (secondary N) is 2. The summed E-state index contributed by atoms with van der Waals surface area (Å²) in [6, 6.07) is 22.7. The number of hydrogen-bond donors (Lipinski definition) is 2. The Bertz CT molecular complexity index is 1390. The zero-order valence-corrected chi connectivity index (χ0v) is 19.1. The Morgan fingerprint density at radius 3 is 2.72 bits per heavy atom. The monoisotopic (exact) mass is 455 g/mol. The van der Waals surface area contributed by atoms with E-state index < -0.39 is 5.41 Å². The van der Waals surface area contributed by atoms with E-state index in [1.807, 2.05) is 42.6 Å². The average molecular weight is 456 g/mol. The summed E-state index contributed by atoms with van der Waals surface area (Å²) in [5, 5.41) is 11.5. The summed E-state index contributed by atoms with van der Waals surface area (Å²) in [6.07, 6.45) is 0.702. The summed E-state index contributed by atoms with van der Waals surface area (Å²) in [6.45, 7) is 2.03. The van der Waals surface area contributed by atoms with Crippen LogP contribution >= 0.6 is 23.6 Å². The fourth-order valence-electron chi connectivity index (χ4n) is 5.17. The van der Waals surface area contributed by atoms with Crippen molar-refractivity contribution in [2.75, 3.05) is 5.32 Å². The van der Waals surface area contributed by atoms with E-state index in [1.165, 1.54) is 27.8 Å². The van der Waals surface area contributed by atoms with Gasteiger partial charge in [0.25, 0.3) is 0 Å². The van der Waals surface area contributed by atoms with E-state index in [2.05, 4.69) is 47.0 Å². The maximum Gasteiger partial charge on any atom is 0.234 e. The minimum Gasteiger partial charge on any atom is -0.371 e. The first-order valence-corrected chi connectivity index (χ1v) is 12.0. The first-order valence-electron chi connectivity index (χ1n) is 10.7. The Kier molecular flexibility index (Phi) is 4.42. The number of thiocarbonyl (C=S) groups is 1. The summed E-state index contributed by atoms with van der Waals surface area (Å²) >= 11 is 7.06. The highest BCUT2D eigenvalue weighted by Gasteiger charge is 2.53. The lowest BCUT2D eigenvalue weighted by molar-refractivity contribution is -0.127. The van der Waals surface area contributed by atoms with Gasteiger partial charge in [0.15, 0.2) is 5.13 Å². The van der Waals surface area contributed by atoms with Gasteiger partial charge in [-0.3, -0.25) is 4.79 Å². The molecule has 3 atom stereocenters. The molecule has 1 fully saturated rings. The lowest BCUT2D eigenvalue weighted by Crippen LogP contribution is -2.56. The molecule has 2 aliphatic heterocycles. The van der Waals surface area contributed by atoms with Crippen LogP contribution < -0.4 is 10.6 Å². The van der Waals surface area contributed by atoms with Gasteiger partial charge in [-0.2, -0.15) is 0 Å². The highest BCUT2D eigenvalue weighted by atomic mass is 32.1. The first-order chi connectivity index (χ1) is 15.5. The largest absolute Gasteiger partial charge is 0.371 e. The van der Waals surface area contributed by atoms with Gasteiger partial charge in [-0.15, -0.1) is 11.3 Å². The highest BCUT2D eigenvalue weighted by Crippen LogP contribution is 2.53. The quantitative estimate of drug-likeness (QED) is 0.368. The zero-order chi connectivity index (χ0) is 21.9. The van der Waals surface area contributed by atoms with Crippen LogP contribution in [0.15, 0.2) is 72.1 Å². The van der Waals surface area contributed by atoms with Crippen LogP contribution in [-0.4, -0.2) is 15.9 Å². The molecule has 2 N–H and O–H groups in total. The van der Waals surface area contributed by atoms with Crippen molar-refractivity contribution in [3.63, 3.8) is 0 Å². The van der Waals surface area contributed by atoms with E-state index in [1.54, 1.807) is 0 Å². The van der Waals surface area contributed by atoms with Gasteiger partial charge >= 0.3 is 0 Å². The molecule has 3 aliphatic rings. The third-order valence-electron chi connectivity index (χ3n) is 6.86. The Morgan fingerprint density at radius 2 is 1.84 bits per heavy atom. The molecule has 1 aromatic heterocycles. The molecule has 3 aromatic carbocycles. The number of carbonyl (C=O) groups is 1. The molecule has 1 aliphatic carbocycles. The van der Waals surface area contributed by atoms with Crippen molar-refractivity contribution in [3.8, 4) is 11.3 Å². The van der Waals surface area contributed by atoms with E-state index in [0.717, 1.165) is 21.6 Å². The molecule has 4 aromatic rings. The SMILES string of the molecule is CC1(C(=O)Nc2nc(-c3cccc4ccccc34)cs2)CC2C(=S)NC1c1ccccc12. The number of hydrogen-bond acceptors (Lipinski definition) is 4. The first kappa shape index (κ1) is 19.6. The number of piperidine rings is 1. The third kappa shape index (κ3) is 2.90. The molecule has 158 valence electrons. The van der Waals surface area contributed by atoms with Crippen LogP contribution in [0.3, 0.4) is 0 Å². The standard InChI is InChI=1S/C26H21N3OS2/c1-26(13-20-17-10-4-5-11-19(17)22(26)28-23(20)31)24(30)29-25-27-21(14-32-25)18-12-6-8-15-7-2-3-9-16(15)18/h2-12,14,20,22H,13H2,1H3,(H,28,31)(H,27,29,30). The molecule has 0 radical (unpaired) electrons. The van der Waals surface area contributed by atoms with Gasteiger partial charge in [0, 0.05) is 16.9 Å². The second-order valence-corrected chi connectivity index (χ2v) is 10.1. The highest BCUT2D eigenvalue weighted by molar-refractivity contribution is 7.80. The zero-order valence-electron chi connectivity index (χ0n) is 17.5. The molecule has 0 spiro atoms. The van der Waals surface area contributed by atoms with Gasteiger partial charge in [0.1, 0.15) is 0 Å². The van der Waals surface area contributed by atoms with Crippen molar-refractivity contribution < 1.29 is 4.79 Å². The fraction of sp³-hybridized carbons (Fsp3) is 0.192. The topological polar surface area (TPSA) is 54.0 Å². The summed E-state index contributed by atoms with van der Waals surface area (Å²) in [5.74, 6) is 0.0558. The molecular formula is C26H21N3OS2. The van der Waals surface area contributed by atoms with E-state index in [9.17, 15) is 4.79 Å². The second kappa shape index (κ2) is 7.22. The van der Waals surface area contributed by atoms with Gasteiger partial charge in [-0.25, -0.2) is 4.98 Å². The molecule has 2 bridgehead atoms. The average Bonchev–Trinajstić information content (AvgIpc) is 3.28. The summed E-state index contributed by atoms with van der Waals surface area (Å²) in [5.41, 5.74) is 3.77. The number of aromatic nitrogens is 1. The van der Waals surface area contributed by atoms with E-state index in [0.29, 0.717) is 11.6 Å². The molecule has 1 saturated heterocycles. The number of anilines is 1. The minimum absolute atomic E-state index is 0.0178. The van der Waals surface area contributed by atoms with Crippen LogP contribution in [0, 0.1) is 5.41 Å². The van der Waals surface area contributed by atoms with Crippen molar-refractivity contribution in [1.29, 1.82) is 0 Å². The maximum absolute atomic E-state index is 13.5. The number of carbonyl (C=O) groups excluding carboxylic acids is 1. The fourth-order valence-corrected chi connectivity index (χ4v) is 6.20. The number of nitrogens with zero attached hydrogens (tertiary/aromatic N) is 1. The maximum atomic E-state index is 13.5. The molecule has 3 unspecified atom stereocenters. The Balaban J connectivity index is 1.30. The van der Waals surface area contributed by atoms with Crippen molar-refractivity contribution in [3.05, 3.63) is 83.2 Å². The number of rotatable bonds is 3. The van der Waals surface area contributed by atoms with Gasteiger partial charge in [0.2, 0.25) is 5.91 Å². The van der Waals surface area contributed by atoms with Crippen molar-refractivity contribution in [1.82, 2.24) is 10.3 Å². The van der Waals surface area contributed by atoms with Gasteiger partial charge in [0.05, 0.1) is 22.1 Å². The molecule has 7 rings (SSSR count). The van der Waals surface area contributed by atoms with Crippen LogP contribution in [0.2, 0.25) is 0 Å². The Labute approximate surface area is 195 Å². The molecule has 6 heteroatoms. The Morgan fingerprint density at radius 1 is 1.09 bits per heavy atom. The van der Waals surface area contributed by atoms with E-state index >= 15 is 0 Å². The predicted octanol–water partition coefficient (Wildman–Crippen LogP) is 6.07. The summed E-state index contributed by atoms with van der Waals surface area (Å²) in [7, 11) is 0. The molecule has 1 amide bonds. The van der Waals surface area contributed by atoms with Crippen molar-refractivity contribution in [2.45, 2.75) is 25.3 Å². The molecule has 32 heavy (non-hydrogen) atoms. The minimum atomic E-state index is -0.605. The molecule has 3 heterocycles. The van der Waals surface area contributed by atoms with Gasteiger partial charge in [-0.05, 0) is 35.2 Å². The van der Waals surface area contributed by atoms with Crippen molar-refractivity contribution >= 4 is 50.4 Å². The predicted molar refractivity (Wildman–Crippen MR) is 134 cm³/mol. The Hall–Kier alpha value is -3.09. The van der Waals surface area contributed by atoms with Crippen LogP contribution in [0.1, 0.15) is 36.4 Å². The number of benzene rings is 3. The lowest BCUT2D eigenvalue weighted by Gasteiger charge is -2.50. The lowest BCUT2D eigenvalue weighted by atomic mass is 9.61. The number of amides is 1. The molecule has 0 saturated carbocycles. The third-order valence-corrected chi connectivity index (χ3v) is 8.02. The molecule has 4 nitrogen and oxygen atoms in total. The van der Waals surface area contributed by atoms with Crippen LogP contribution in [0.25, 0.3) is 22.0 Å². The van der Waals surface area contributed by atoms with E-state index in [4.69, 9.17) is 17.2 Å². The van der Waals surface area contributed by atoms with Gasteiger partial charge in [-0.1, -0.05) is 78.9 Å². The normalized spacial score (nSPS) is 23.6. The van der Waals surface area contributed by atoms with Crippen LogP contribution in [-0.2, 0) is 4.79 Å². The number of thiazole rings is 1.